The summed E-state index contributed by atoms with van der Waals surface area (Å²) >= 11 is 0. The molecular weight excluding hydrogens is 203 g/mol. The highest BCUT2D eigenvalue weighted by Gasteiger charge is 2.31. The lowest BCUT2D eigenvalue weighted by atomic mass is 10.1. The number of hydrogen-bond acceptors (Lipinski definition) is 1. The Morgan fingerprint density at radius 1 is 1.20 bits per heavy atom. The first-order valence-corrected chi connectivity index (χ1v) is 4.73. The van der Waals surface area contributed by atoms with E-state index >= 15 is 0 Å². The van der Waals surface area contributed by atoms with Crippen molar-refractivity contribution in [2.75, 3.05) is 19.0 Å². The van der Waals surface area contributed by atoms with E-state index in [1.165, 1.54) is 12.1 Å². The Morgan fingerprint density at radius 3 is 2.20 bits per heavy atom. The Kier molecular flexibility index (Phi) is 3.27. The molecular formula is C11H14F3N. The molecule has 4 heteroatoms. The Morgan fingerprint density at radius 2 is 1.80 bits per heavy atom. The van der Waals surface area contributed by atoms with Crippen molar-refractivity contribution in [3.05, 3.63) is 29.3 Å². The Balaban J connectivity index is 3.22. The third-order valence-corrected chi connectivity index (χ3v) is 2.28. The van der Waals surface area contributed by atoms with Crippen LogP contribution in [0.15, 0.2) is 18.2 Å². The van der Waals surface area contributed by atoms with Gasteiger partial charge < -0.3 is 4.90 Å². The van der Waals surface area contributed by atoms with Crippen molar-refractivity contribution < 1.29 is 13.2 Å². The molecule has 0 saturated heterocycles. The van der Waals surface area contributed by atoms with Crippen LogP contribution in [0.4, 0.5) is 18.9 Å². The number of alkyl halides is 3. The number of halogens is 3. The summed E-state index contributed by atoms with van der Waals surface area (Å²) < 4.78 is 37.3. The second-order valence-corrected chi connectivity index (χ2v) is 3.59. The molecule has 0 fully saturated rings. The molecule has 0 bridgehead atoms. The summed E-state index contributed by atoms with van der Waals surface area (Å²) in [6.45, 7) is 1.93. The summed E-state index contributed by atoms with van der Waals surface area (Å²) in [6, 6.07) is 3.86. The molecule has 0 aliphatic heterocycles. The van der Waals surface area contributed by atoms with E-state index in [1.54, 1.807) is 19.0 Å². The van der Waals surface area contributed by atoms with Crippen LogP contribution in [0, 0.1) is 0 Å². The maximum Gasteiger partial charge on any atom is 0.416 e. The zero-order chi connectivity index (χ0) is 11.6. The van der Waals surface area contributed by atoms with Crippen molar-refractivity contribution in [3.63, 3.8) is 0 Å². The highest BCUT2D eigenvalue weighted by atomic mass is 19.4. The maximum atomic E-state index is 12.4. The van der Waals surface area contributed by atoms with E-state index in [0.717, 1.165) is 18.1 Å². The summed E-state index contributed by atoms with van der Waals surface area (Å²) in [7, 11) is 3.49. The molecule has 0 radical (unpaired) electrons. The molecule has 0 amide bonds. The number of anilines is 1. The lowest BCUT2D eigenvalue weighted by molar-refractivity contribution is -0.137. The zero-order valence-electron chi connectivity index (χ0n) is 9.02. The first-order valence-electron chi connectivity index (χ1n) is 4.73. The van der Waals surface area contributed by atoms with Crippen LogP contribution in [0.5, 0.6) is 0 Å². The first-order chi connectivity index (χ1) is 6.86. The molecule has 1 nitrogen and oxygen atoms in total. The minimum atomic E-state index is -4.27. The fourth-order valence-corrected chi connectivity index (χ4v) is 1.46. The highest BCUT2D eigenvalue weighted by Crippen LogP contribution is 2.33. The quantitative estimate of drug-likeness (QED) is 0.734. The normalized spacial score (nSPS) is 11.6. The van der Waals surface area contributed by atoms with Crippen LogP contribution in [0.1, 0.15) is 18.1 Å². The molecule has 1 aromatic carbocycles. The van der Waals surface area contributed by atoms with Gasteiger partial charge in [0, 0.05) is 19.8 Å². The molecule has 0 atom stereocenters. The molecule has 0 aromatic heterocycles. The molecule has 0 saturated carbocycles. The molecule has 0 N–H and O–H groups in total. The van der Waals surface area contributed by atoms with Gasteiger partial charge >= 0.3 is 6.18 Å². The topological polar surface area (TPSA) is 3.24 Å². The number of aryl methyl sites for hydroxylation is 1. The summed E-state index contributed by atoms with van der Waals surface area (Å²) in [4.78, 5) is 1.70. The minimum absolute atomic E-state index is 0.594. The van der Waals surface area contributed by atoms with Crippen LogP contribution in [0.2, 0.25) is 0 Å². The lowest BCUT2D eigenvalue weighted by Gasteiger charge is -2.18. The van der Waals surface area contributed by atoms with Gasteiger partial charge in [-0.3, -0.25) is 0 Å². The molecule has 15 heavy (non-hydrogen) atoms. The Labute approximate surface area is 87.5 Å². The van der Waals surface area contributed by atoms with E-state index in [1.807, 2.05) is 6.92 Å². The fourth-order valence-electron chi connectivity index (χ4n) is 1.46. The van der Waals surface area contributed by atoms with Crippen molar-refractivity contribution in [2.45, 2.75) is 19.5 Å². The van der Waals surface area contributed by atoms with Crippen LogP contribution in [0.3, 0.4) is 0 Å². The number of rotatable bonds is 2. The predicted octanol–water partition coefficient (Wildman–Crippen LogP) is 3.33. The summed E-state index contributed by atoms with van der Waals surface area (Å²) in [6.07, 6.45) is -3.54. The van der Waals surface area contributed by atoms with Crippen LogP contribution in [-0.2, 0) is 12.6 Å². The van der Waals surface area contributed by atoms with Crippen LogP contribution >= 0.6 is 0 Å². The molecule has 0 heterocycles. The molecule has 0 unspecified atom stereocenters. The summed E-state index contributed by atoms with van der Waals surface area (Å²) in [5, 5.41) is 0. The predicted molar refractivity (Wildman–Crippen MR) is 55.1 cm³/mol. The van der Waals surface area contributed by atoms with E-state index in [-0.39, 0.29) is 0 Å². The average molecular weight is 217 g/mol. The van der Waals surface area contributed by atoms with Crippen molar-refractivity contribution in [2.24, 2.45) is 0 Å². The smallest absolute Gasteiger partial charge is 0.377 e. The van der Waals surface area contributed by atoms with E-state index in [4.69, 9.17) is 0 Å². The van der Waals surface area contributed by atoms with Crippen LogP contribution in [0.25, 0.3) is 0 Å². The van der Waals surface area contributed by atoms with Gasteiger partial charge in [-0.25, -0.2) is 0 Å². The van der Waals surface area contributed by atoms with E-state index in [2.05, 4.69) is 0 Å². The van der Waals surface area contributed by atoms with Crippen molar-refractivity contribution in [1.82, 2.24) is 0 Å². The lowest BCUT2D eigenvalue weighted by Crippen LogP contribution is -2.13. The fraction of sp³-hybridized carbons (Fsp3) is 0.455. The monoisotopic (exact) mass is 217 g/mol. The summed E-state index contributed by atoms with van der Waals surface area (Å²) in [5.74, 6) is 0. The van der Waals surface area contributed by atoms with Gasteiger partial charge in [0.2, 0.25) is 0 Å². The van der Waals surface area contributed by atoms with Gasteiger partial charge in [-0.2, -0.15) is 13.2 Å². The minimum Gasteiger partial charge on any atom is -0.377 e. The van der Waals surface area contributed by atoms with Gasteiger partial charge in [0.25, 0.3) is 0 Å². The standard InChI is InChI=1S/C11H14F3N/c1-4-8-5-6-9(11(12,13)14)7-10(8)15(2)3/h5-7H,4H2,1-3H3. The van der Waals surface area contributed by atoms with Gasteiger partial charge in [0.1, 0.15) is 0 Å². The Bertz CT molecular complexity index is 342. The second kappa shape index (κ2) is 4.13. The number of benzene rings is 1. The first kappa shape index (κ1) is 11.9. The van der Waals surface area contributed by atoms with E-state index in [9.17, 15) is 13.2 Å². The maximum absolute atomic E-state index is 12.4. The molecule has 1 rings (SSSR count). The zero-order valence-corrected chi connectivity index (χ0v) is 9.02. The number of hydrogen-bond donors (Lipinski definition) is 0. The molecule has 84 valence electrons. The van der Waals surface area contributed by atoms with E-state index in [0.29, 0.717) is 5.69 Å². The van der Waals surface area contributed by atoms with Crippen LogP contribution in [-0.4, -0.2) is 14.1 Å². The van der Waals surface area contributed by atoms with Crippen molar-refractivity contribution in [1.29, 1.82) is 0 Å². The largest absolute Gasteiger partial charge is 0.416 e. The van der Waals surface area contributed by atoms with Gasteiger partial charge in [0.15, 0.2) is 0 Å². The summed E-state index contributed by atoms with van der Waals surface area (Å²) in [5.41, 5.74) is 0.962. The highest BCUT2D eigenvalue weighted by molar-refractivity contribution is 5.55. The third kappa shape index (κ3) is 2.64. The van der Waals surface area contributed by atoms with E-state index < -0.39 is 11.7 Å². The van der Waals surface area contributed by atoms with Gasteiger partial charge in [-0.15, -0.1) is 0 Å². The van der Waals surface area contributed by atoms with Gasteiger partial charge in [-0.1, -0.05) is 13.0 Å². The molecule has 0 aliphatic carbocycles. The van der Waals surface area contributed by atoms with Crippen LogP contribution < -0.4 is 4.90 Å². The Hall–Kier alpha value is -1.19. The molecule has 1 aromatic rings. The average Bonchev–Trinajstić information content (AvgIpc) is 2.15. The van der Waals surface area contributed by atoms with Gasteiger partial charge in [0.05, 0.1) is 5.56 Å². The number of nitrogens with zero attached hydrogens (tertiary/aromatic N) is 1. The van der Waals surface area contributed by atoms with Gasteiger partial charge in [-0.05, 0) is 24.1 Å². The second-order valence-electron chi connectivity index (χ2n) is 3.59. The van der Waals surface area contributed by atoms with Crippen molar-refractivity contribution in [3.8, 4) is 0 Å². The van der Waals surface area contributed by atoms with Crippen molar-refractivity contribution >= 4 is 5.69 Å². The SMILES string of the molecule is CCc1ccc(C(F)(F)F)cc1N(C)C. The molecule has 0 aliphatic rings. The molecule has 0 spiro atoms. The third-order valence-electron chi connectivity index (χ3n) is 2.28.